The van der Waals surface area contributed by atoms with Crippen LogP contribution in [0.2, 0.25) is 0 Å². The second-order valence-electron chi connectivity index (χ2n) is 37.1. The number of amides is 16. The largest absolute Gasteiger partial charge is 0.390 e. The first-order valence-electron chi connectivity index (χ1n) is 47.5. The number of carbonyl (C=O) groups excluding carboxylic acids is 16. The van der Waals surface area contributed by atoms with E-state index in [1.54, 1.807) is 0 Å². The predicted octanol–water partition coefficient (Wildman–Crippen LogP) is 2.78. The van der Waals surface area contributed by atoms with Crippen LogP contribution in [0.5, 0.6) is 0 Å². The first-order valence-corrected chi connectivity index (χ1v) is 48.6. The Hall–Kier alpha value is -8.25. The molecule has 766 valence electrons. The number of unbranched alkanes of at least 4 members (excludes halogenated alkanes) is 2. The highest BCUT2D eigenvalue weighted by molar-refractivity contribution is 7.99. The Kier molecular flexibility index (Phi) is 65.0. The Morgan fingerprint density at radius 3 is 0.857 bits per heavy atom. The highest BCUT2D eigenvalue weighted by Crippen LogP contribution is 2.25. The standard InChI is InChI=1S/C93H169N15O24S/c1-69(2)25-33-96(80(112)24-22-21-23-32-95-79(111)31-39-108-81(113)52-76(93(108)125)67-133-68-77(109)66-132-65-75(13)14)54-88(120)103(41-47-127-16)60-83(115)98(35-27-71(5)6)56-90(122)105(43-49-129-18)62-85(117)100(37-29-73(9)10)58-92(124)107(45-51-131-20)64-86(118)101(38-30-74(11)12)59-91(123)106(44-50-130-19)63-84(116)99(36-28-72(7)8)57-89(121)104(42-48-128-17)61-82(114)97(34-26-70(3)4)55-87(119)102(40-46-126-15)53-78(94)110/h69-77,109H,21-68H2,1-20H3,(H2,94,110)(H,95,111). The molecule has 16 amide bonds. The summed E-state index contributed by atoms with van der Waals surface area (Å²) in [5.41, 5.74) is 5.48. The summed E-state index contributed by atoms with van der Waals surface area (Å²) < 4.78 is 37.7. The summed E-state index contributed by atoms with van der Waals surface area (Å²) in [4.78, 5) is 243. The van der Waals surface area contributed by atoms with Crippen molar-refractivity contribution in [3.05, 3.63) is 0 Å². The van der Waals surface area contributed by atoms with Gasteiger partial charge in [-0.1, -0.05) is 103 Å². The average Bonchev–Trinajstić information content (AvgIpc) is 1.70. The Labute approximate surface area is 796 Å². The normalized spacial score (nSPS) is 12.9. The smallest absolute Gasteiger partial charge is 0.242 e. The number of imide groups is 1. The molecule has 0 aromatic carbocycles. The van der Waals surface area contributed by atoms with Crippen molar-refractivity contribution in [1.29, 1.82) is 0 Å². The molecule has 1 aliphatic rings. The Bertz CT molecular complexity index is 3490. The zero-order valence-corrected chi connectivity index (χ0v) is 85.1. The van der Waals surface area contributed by atoms with Crippen molar-refractivity contribution in [3.63, 3.8) is 0 Å². The lowest BCUT2D eigenvalue weighted by atomic mass is 10.1. The molecule has 1 fully saturated rings. The monoisotopic (exact) mass is 1910 g/mol. The number of hydrogen-bond donors (Lipinski definition) is 3. The SMILES string of the molecule is COCCN(CC(N)=O)C(=O)CN(CCC(C)C)C(=O)CN(CCOC)C(=O)CN(CCC(C)C)C(=O)CN(CCOC)C(=O)CN(CCC(C)C)C(=O)CN(CCOC)C(=O)CN(CCC(C)C)C(=O)CN(CCOC)C(=O)CN(CCC(C)C)C(=O)CN(CCOC)C(=O)CN(CCC(C)C)C(=O)CCCCCNC(=O)CCN1C(=O)CC(CSCC(O)COCC(C)C)C1=O. The summed E-state index contributed by atoms with van der Waals surface area (Å²) in [6, 6.07) is 0. The molecule has 1 rings (SSSR count). The number of nitrogens with two attached hydrogens (primary N) is 1. The maximum absolute atomic E-state index is 15.0. The molecule has 0 saturated carbocycles. The second-order valence-corrected chi connectivity index (χ2v) is 38.2. The van der Waals surface area contributed by atoms with Gasteiger partial charge in [-0.2, -0.15) is 11.8 Å². The fraction of sp³-hybridized carbons (Fsp3) is 0.828. The van der Waals surface area contributed by atoms with E-state index in [2.05, 4.69) is 5.32 Å². The maximum atomic E-state index is 15.0. The molecule has 0 aromatic rings. The van der Waals surface area contributed by atoms with E-state index < -0.39 is 155 Å². The molecule has 39 nitrogen and oxygen atoms in total. The van der Waals surface area contributed by atoms with E-state index in [-0.39, 0.29) is 223 Å². The van der Waals surface area contributed by atoms with Gasteiger partial charge in [-0.25, -0.2) is 0 Å². The van der Waals surface area contributed by atoms with Crippen molar-refractivity contribution in [2.45, 2.75) is 180 Å². The third-order valence-electron chi connectivity index (χ3n) is 22.1. The van der Waals surface area contributed by atoms with Gasteiger partial charge in [-0.3, -0.25) is 81.6 Å². The van der Waals surface area contributed by atoms with E-state index in [9.17, 15) is 81.8 Å². The molecular formula is C93H169N15O24S. The zero-order chi connectivity index (χ0) is 100. The lowest BCUT2D eigenvalue weighted by molar-refractivity contribution is -0.150. The molecule has 133 heavy (non-hydrogen) atoms. The quantitative estimate of drug-likeness (QED) is 0.0582. The molecule has 40 heteroatoms. The molecule has 2 atom stereocenters. The molecule has 0 radical (unpaired) electrons. The van der Waals surface area contributed by atoms with Gasteiger partial charge in [0.05, 0.1) is 137 Å². The topological polar surface area (TPSA) is 438 Å². The minimum absolute atomic E-state index is 0.00539. The summed E-state index contributed by atoms with van der Waals surface area (Å²) in [6.07, 6.45) is 3.67. The van der Waals surface area contributed by atoms with Gasteiger partial charge in [0.15, 0.2) is 0 Å². The van der Waals surface area contributed by atoms with Gasteiger partial charge in [-0.05, 0) is 92.8 Å². The van der Waals surface area contributed by atoms with Crippen molar-refractivity contribution in [2.75, 3.05) is 277 Å². The van der Waals surface area contributed by atoms with E-state index in [0.717, 1.165) is 4.90 Å². The summed E-state index contributed by atoms with van der Waals surface area (Å²) in [5.74, 6) is -7.84. The molecule has 1 heterocycles. The first kappa shape index (κ1) is 123. The third-order valence-corrected chi connectivity index (χ3v) is 23.4. The van der Waals surface area contributed by atoms with E-state index in [1.165, 1.54) is 113 Å². The molecule has 4 N–H and O–H groups in total. The number of methoxy groups -OCH3 is 6. The van der Waals surface area contributed by atoms with E-state index >= 15 is 0 Å². The van der Waals surface area contributed by atoms with Crippen LogP contribution in [-0.2, 0) is 110 Å². The van der Waals surface area contributed by atoms with Gasteiger partial charge in [0, 0.05) is 172 Å². The Morgan fingerprint density at radius 2 is 0.609 bits per heavy atom. The number of hydrogen-bond acceptors (Lipinski definition) is 25. The number of aliphatic hydroxyl groups is 1. The van der Waals surface area contributed by atoms with Crippen LogP contribution in [0, 0.1) is 47.3 Å². The van der Waals surface area contributed by atoms with Gasteiger partial charge >= 0.3 is 0 Å². The summed E-state index contributed by atoms with van der Waals surface area (Å²) in [7, 11) is 8.57. The minimum atomic E-state index is -0.758. The highest BCUT2D eigenvalue weighted by atomic mass is 32.2. The van der Waals surface area contributed by atoms with Gasteiger partial charge in [0.25, 0.3) is 0 Å². The van der Waals surface area contributed by atoms with Crippen LogP contribution in [0.25, 0.3) is 0 Å². The zero-order valence-electron chi connectivity index (χ0n) is 84.3. The van der Waals surface area contributed by atoms with Crippen LogP contribution in [0.15, 0.2) is 0 Å². The summed E-state index contributed by atoms with van der Waals surface area (Å²) in [5, 5.41) is 13.1. The molecule has 0 aliphatic carbocycles. The van der Waals surface area contributed by atoms with Crippen LogP contribution in [0.1, 0.15) is 174 Å². The van der Waals surface area contributed by atoms with Crippen molar-refractivity contribution in [3.8, 4) is 0 Å². The van der Waals surface area contributed by atoms with Crippen LogP contribution in [0.4, 0.5) is 0 Å². The van der Waals surface area contributed by atoms with Gasteiger partial charge < -0.3 is 108 Å². The fourth-order valence-electron chi connectivity index (χ4n) is 13.5. The van der Waals surface area contributed by atoms with Crippen molar-refractivity contribution >= 4 is 106 Å². The fourth-order valence-corrected chi connectivity index (χ4v) is 14.5. The number of thioether (sulfide) groups is 1. The number of likely N-dealkylation sites (tertiary alicyclic amines) is 1. The van der Waals surface area contributed by atoms with Gasteiger partial charge in [0.2, 0.25) is 94.5 Å². The number of aliphatic hydroxyl groups excluding tert-OH is 1. The van der Waals surface area contributed by atoms with Crippen LogP contribution in [0.3, 0.4) is 0 Å². The number of ether oxygens (including phenoxy) is 7. The third kappa shape index (κ3) is 54.3. The summed E-state index contributed by atoms with van der Waals surface area (Å²) in [6.45, 7) is 22.7. The van der Waals surface area contributed by atoms with Crippen LogP contribution < -0.4 is 11.1 Å². The second kappa shape index (κ2) is 70.4. The van der Waals surface area contributed by atoms with Crippen LogP contribution in [-0.4, -0.2) is 447 Å². The molecule has 2 unspecified atom stereocenters. The Morgan fingerprint density at radius 1 is 0.353 bits per heavy atom. The van der Waals surface area contributed by atoms with Crippen molar-refractivity contribution < 1.29 is 115 Å². The molecule has 1 saturated heterocycles. The van der Waals surface area contributed by atoms with Crippen molar-refractivity contribution in [1.82, 2.24) is 69.0 Å². The van der Waals surface area contributed by atoms with Crippen molar-refractivity contribution in [2.24, 2.45) is 53.1 Å². The summed E-state index contributed by atoms with van der Waals surface area (Å²) >= 11 is 1.38. The number of primary amides is 1. The molecule has 0 spiro atoms. The number of nitrogens with zero attached hydrogens (tertiary/aromatic N) is 13. The first-order chi connectivity index (χ1) is 62.9. The average molecular weight is 1910 g/mol. The minimum Gasteiger partial charge on any atom is -0.390 e. The molecular weight excluding hydrogens is 1740 g/mol. The molecule has 1 aliphatic heterocycles. The lowest BCUT2D eigenvalue weighted by Crippen LogP contribution is -2.54. The van der Waals surface area contributed by atoms with Crippen LogP contribution >= 0.6 is 11.8 Å². The molecule has 0 aromatic heterocycles. The predicted molar refractivity (Wildman–Crippen MR) is 506 cm³/mol. The van der Waals surface area contributed by atoms with Gasteiger partial charge in [-0.15, -0.1) is 0 Å². The van der Waals surface area contributed by atoms with E-state index in [0.29, 0.717) is 81.8 Å². The maximum Gasteiger partial charge on any atom is 0.242 e. The highest BCUT2D eigenvalue weighted by Gasteiger charge is 2.40. The lowest BCUT2D eigenvalue weighted by Gasteiger charge is -2.33. The number of carbonyl (C=O) groups is 16. The number of rotatable bonds is 77. The number of nitrogens with one attached hydrogen (secondary N) is 1. The van der Waals surface area contributed by atoms with E-state index in [1.807, 2.05) is 96.9 Å². The van der Waals surface area contributed by atoms with E-state index in [4.69, 9.17) is 38.9 Å². The Balaban J connectivity index is 3.55. The van der Waals surface area contributed by atoms with Gasteiger partial charge in [0.1, 0.15) is 0 Å². The molecule has 0 bridgehead atoms.